The lowest BCUT2D eigenvalue weighted by molar-refractivity contribution is -0.125. The molecular weight excluding hydrogens is 489 g/mol. The number of benzene rings is 1. The van der Waals surface area contributed by atoms with Gasteiger partial charge in [-0.15, -0.1) is 11.3 Å². The molecule has 10 heteroatoms. The fourth-order valence-electron chi connectivity index (χ4n) is 3.64. The van der Waals surface area contributed by atoms with Gasteiger partial charge in [0.15, 0.2) is 0 Å². The van der Waals surface area contributed by atoms with Crippen LogP contribution in [0.4, 0.5) is 15.8 Å². The molecule has 164 valence electrons. The van der Waals surface area contributed by atoms with Crippen molar-refractivity contribution < 1.29 is 23.5 Å². The predicted molar refractivity (Wildman–Crippen MR) is 119 cm³/mol. The van der Waals surface area contributed by atoms with Crippen LogP contribution in [0.1, 0.15) is 35.4 Å². The smallest absolute Gasteiger partial charge is 0.262 e. The van der Waals surface area contributed by atoms with Crippen LogP contribution < -0.4 is 15.5 Å². The van der Waals surface area contributed by atoms with Crippen molar-refractivity contribution in [1.29, 1.82) is 0 Å². The van der Waals surface area contributed by atoms with Gasteiger partial charge < -0.3 is 20.3 Å². The predicted octanol–water partition coefficient (Wildman–Crippen LogP) is 3.69. The van der Waals surface area contributed by atoms with E-state index in [1.54, 1.807) is 18.2 Å². The van der Waals surface area contributed by atoms with E-state index in [0.717, 1.165) is 10.2 Å². The van der Waals surface area contributed by atoms with Crippen molar-refractivity contribution in [3.8, 4) is 0 Å². The molecule has 31 heavy (non-hydrogen) atoms. The van der Waals surface area contributed by atoms with Crippen molar-refractivity contribution in [3.63, 3.8) is 0 Å². The van der Waals surface area contributed by atoms with E-state index in [1.807, 2.05) is 0 Å². The highest BCUT2D eigenvalue weighted by atomic mass is 79.9. The maximum atomic E-state index is 14.8. The summed E-state index contributed by atoms with van der Waals surface area (Å²) in [5.74, 6) is -1.50. The summed E-state index contributed by atoms with van der Waals surface area (Å²) in [4.78, 5) is 39.6. The van der Waals surface area contributed by atoms with Crippen molar-refractivity contribution in [3.05, 3.63) is 44.8 Å². The SMILES string of the molecule is O=C(NC1(C(=O)Nc2ccc(N3CCOCCC3=O)c(F)c2)CCC1)c1ccc(Br)s1. The molecule has 0 atom stereocenters. The average molecular weight is 510 g/mol. The van der Waals surface area contributed by atoms with E-state index in [0.29, 0.717) is 30.9 Å². The second kappa shape index (κ2) is 9.05. The number of amides is 3. The Morgan fingerprint density at radius 1 is 1.19 bits per heavy atom. The number of halogens is 2. The summed E-state index contributed by atoms with van der Waals surface area (Å²) in [7, 11) is 0. The van der Waals surface area contributed by atoms with Gasteiger partial charge in [-0.25, -0.2) is 4.39 Å². The van der Waals surface area contributed by atoms with Crippen LogP contribution in [0.3, 0.4) is 0 Å². The van der Waals surface area contributed by atoms with E-state index in [1.165, 1.54) is 28.4 Å². The van der Waals surface area contributed by atoms with Gasteiger partial charge in [-0.2, -0.15) is 0 Å². The Balaban J connectivity index is 1.46. The second-order valence-electron chi connectivity index (χ2n) is 7.52. The minimum absolute atomic E-state index is 0.156. The minimum atomic E-state index is -1.01. The Labute approximate surface area is 191 Å². The standard InChI is InChI=1S/C21H21BrFN3O4S/c22-17-5-4-16(31-17)19(28)25-21(7-1-8-21)20(29)24-13-2-3-15(14(23)12-13)26-9-11-30-10-6-18(26)27/h2-5,12H,1,6-11H2,(H,24,29)(H,25,28). The molecule has 0 unspecified atom stereocenters. The Morgan fingerprint density at radius 3 is 2.65 bits per heavy atom. The normalized spacial score (nSPS) is 18.1. The van der Waals surface area contributed by atoms with Crippen molar-refractivity contribution >= 4 is 56.4 Å². The van der Waals surface area contributed by atoms with Crippen LogP contribution in [0.5, 0.6) is 0 Å². The zero-order valence-corrected chi connectivity index (χ0v) is 19.0. The number of hydrogen-bond donors (Lipinski definition) is 2. The third kappa shape index (κ3) is 4.65. The van der Waals surface area contributed by atoms with Crippen LogP contribution >= 0.6 is 27.3 Å². The molecule has 1 saturated carbocycles. The monoisotopic (exact) mass is 509 g/mol. The van der Waals surface area contributed by atoms with E-state index in [2.05, 4.69) is 26.6 Å². The summed E-state index contributed by atoms with van der Waals surface area (Å²) in [6.45, 7) is 0.934. The molecule has 3 amide bonds. The highest BCUT2D eigenvalue weighted by Crippen LogP contribution is 2.35. The van der Waals surface area contributed by atoms with Gasteiger partial charge in [0, 0.05) is 12.2 Å². The minimum Gasteiger partial charge on any atom is -0.379 e. The number of thiophene rings is 1. The van der Waals surface area contributed by atoms with Gasteiger partial charge in [-0.3, -0.25) is 14.4 Å². The van der Waals surface area contributed by atoms with Gasteiger partial charge in [0.25, 0.3) is 5.91 Å². The topological polar surface area (TPSA) is 87.7 Å². The van der Waals surface area contributed by atoms with E-state index >= 15 is 0 Å². The van der Waals surface area contributed by atoms with Crippen molar-refractivity contribution in [2.24, 2.45) is 0 Å². The average Bonchev–Trinajstić information content (AvgIpc) is 3.03. The van der Waals surface area contributed by atoms with E-state index in [4.69, 9.17) is 4.74 Å². The molecule has 2 fully saturated rings. The third-order valence-electron chi connectivity index (χ3n) is 5.51. The number of anilines is 2. The number of nitrogens with one attached hydrogen (secondary N) is 2. The summed E-state index contributed by atoms with van der Waals surface area (Å²) in [6.07, 6.45) is 2.04. The van der Waals surface area contributed by atoms with E-state index < -0.39 is 11.4 Å². The lowest BCUT2D eigenvalue weighted by Crippen LogP contribution is -2.61. The lowest BCUT2D eigenvalue weighted by Gasteiger charge is -2.40. The molecule has 0 spiro atoms. The van der Waals surface area contributed by atoms with Gasteiger partial charge in [0.1, 0.15) is 11.4 Å². The molecule has 2 heterocycles. The lowest BCUT2D eigenvalue weighted by atomic mass is 9.75. The first kappa shape index (κ1) is 21.9. The maximum Gasteiger partial charge on any atom is 0.262 e. The van der Waals surface area contributed by atoms with Crippen molar-refractivity contribution in [2.45, 2.75) is 31.2 Å². The Kier molecular flexibility index (Phi) is 6.40. The molecule has 2 aliphatic rings. The molecule has 2 N–H and O–H groups in total. The van der Waals surface area contributed by atoms with Crippen LogP contribution in [0.25, 0.3) is 0 Å². The zero-order valence-electron chi connectivity index (χ0n) is 16.6. The highest BCUT2D eigenvalue weighted by Gasteiger charge is 2.45. The Morgan fingerprint density at radius 2 is 2.00 bits per heavy atom. The largest absolute Gasteiger partial charge is 0.379 e. The number of carbonyl (C=O) groups excluding carboxylic acids is 3. The summed E-state index contributed by atoms with van der Waals surface area (Å²) in [5, 5.41) is 5.56. The molecule has 1 aliphatic carbocycles. The van der Waals surface area contributed by atoms with Crippen molar-refractivity contribution in [1.82, 2.24) is 5.32 Å². The number of carbonyl (C=O) groups is 3. The third-order valence-corrected chi connectivity index (χ3v) is 7.13. The van der Waals surface area contributed by atoms with Gasteiger partial charge >= 0.3 is 0 Å². The van der Waals surface area contributed by atoms with E-state index in [-0.39, 0.29) is 42.1 Å². The fraction of sp³-hybridized carbons (Fsp3) is 0.381. The molecule has 2 aromatic rings. The first-order valence-electron chi connectivity index (χ1n) is 9.95. The summed E-state index contributed by atoms with van der Waals surface area (Å²) >= 11 is 4.61. The molecule has 0 bridgehead atoms. The molecule has 1 aliphatic heterocycles. The van der Waals surface area contributed by atoms with Gasteiger partial charge in [-0.05, 0) is 65.5 Å². The van der Waals surface area contributed by atoms with Crippen LogP contribution in [-0.2, 0) is 14.3 Å². The molecule has 0 radical (unpaired) electrons. The quantitative estimate of drug-likeness (QED) is 0.643. The van der Waals surface area contributed by atoms with Gasteiger partial charge in [0.2, 0.25) is 11.8 Å². The maximum absolute atomic E-state index is 14.8. The van der Waals surface area contributed by atoms with Crippen LogP contribution in [0, 0.1) is 5.82 Å². The molecule has 4 rings (SSSR count). The summed E-state index contributed by atoms with van der Waals surface area (Å²) in [6, 6.07) is 7.69. The van der Waals surface area contributed by atoms with Crippen LogP contribution in [-0.4, -0.2) is 43.0 Å². The van der Waals surface area contributed by atoms with Crippen molar-refractivity contribution in [2.75, 3.05) is 30.0 Å². The summed E-state index contributed by atoms with van der Waals surface area (Å²) in [5.41, 5.74) is -0.589. The first-order chi connectivity index (χ1) is 14.9. The number of ether oxygens (including phenoxy) is 1. The van der Waals surface area contributed by atoms with Crippen LogP contribution in [0.2, 0.25) is 0 Å². The van der Waals surface area contributed by atoms with Gasteiger partial charge in [0.05, 0.1) is 34.0 Å². The molecule has 1 saturated heterocycles. The van der Waals surface area contributed by atoms with E-state index in [9.17, 15) is 18.8 Å². The first-order valence-corrected chi connectivity index (χ1v) is 11.6. The number of hydrogen-bond acceptors (Lipinski definition) is 5. The number of nitrogens with zero attached hydrogens (tertiary/aromatic N) is 1. The Bertz CT molecular complexity index is 1020. The second-order valence-corrected chi connectivity index (χ2v) is 9.98. The molecule has 7 nitrogen and oxygen atoms in total. The molecular formula is C21H21BrFN3O4S. The van der Waals surface area contributed by atoms with Gasteiger partial charge in [-0.1, -0.05) is 0 Å². The summed E-state index contributed by atoms with van der Waals surface area (Å²) < 4.78 is 20.9. The fourth-order valence-corrected chi connectivity index (χ4v) is 4.92. The Hall–Kier alpha value is -2.30. The molecule has 1 aromatic carbocycles. The highest BCUT2D eigenvalue weighted by molar-refractivity contribution is 9.11. The molecule has 1 aromatic heterocycles. The zero-order chi connectivity index (χ0) is 22.0. The number of rotatable bonds is 5. The van der Waals surface area contributed by atoms with Crippen LogP contribution in [0.15, 0.2) is 34.1 Å².